The number of urea groups is 1. The Hall–Kier alpha value is -3.61. The van der Waals surface area contributed by atoms with Crippen molar-refractivity contribution < 1.29 is 32.2 Å². The van der Waals surface area contributed by atoms with E-state index in [4.69, 9.17) is 25.8 Å². The molecule has 2 fully saturated rings. The number of carbonyl (C=O) groups excluding carboxylic acids is 1. The zero-order valence-electron chi connectivity index (χ0n) is 22.9. The Bertz CT molecular complexity index is 1490. The summed E-state index contributed by atoms with van der Waals surface area (Å²) in [5.41, 5.74) is 0.219. The van der Waals surface area contributed by atoms with Crippen molar-refractivity contribution >= 4 is 35.0 Å². The van der Waals surface area contributed by atoms with Crippen LogP contribution in [0.25, 0.3) is 11.3 Å². The number of nitrogens with one attached hydrogen (secondary N) is 1. The molecule has 2 bridgehead atoms. The second-order valence-electron chi connectivity index (χ2n) is 10.9. The summed E-state index contributed by atoms with van der Waals surface area (Å²) < 4.78 is 57.3. The highest BCUT2D eigenvalue weighted by Crippen LogP contribution is 2.43. The van der Waals surface area contributed by atoms with Gasteiger partial charge in [0, 0.05) is 18.7 Å². The van der Waals surface area contributed by atoms with E-state index in [0.717, 1.165) is 31.5 Å². The molecule has 2 atom stereocenters. The van der Waals surface area contributed by atoms with Crippen molar-refractivity contribution in [3.8, 4) is 17.0 Å². The summed E-state index contributed by atoms with van der Waals surface area (Å²) in [4.78, 5) is 26.3. The molecule has 9 nitrogen and oxygen atoms in total. The highest BCUT2D eigenvalue weighted by Gasteiger charge is 2.39. The third-order valence-corrected chi connectivity index (χ3v) is 7.71. The average Bonchev–Trinajstić information content (AvgIpc) is 3.31. The first-order chi connectivity index (χ1) is 20.0. The van der Waals surface area contributed by atoms with Gasteiger partial charge in [-0.2, -0.15) is 13.2 Å². The average molecular weight is 604 g/mol. The maximum Gasteiger partial charge on any atom is 0.416 e. The van der Waals surface area contributed by atoms with Gasteiger partial charge in [-0.05, 0) is 57.0 Å². The molecule has 5 heterocycles. The number of fused-ring (bicyclic) bond motifs is 4. The van der Waals surface area contributed by atoms with Crippen LogP contribution in [-0.2, 0) is 15.7 Å². The molecule has 0 radical (unpaired) electrons. The molecular formula is C29H29ClF3N5O4. The van der Waals surface area contributed by atoms with Crippen molar-refractivity contribution in [3.05, 3.63) is 59.2 Å². The Balaban J connectivity index is 1.23. The molecule has 3 aromatic rings. The summed E-state index contributed by atoms with van der Waals surface area (Å²) in [7, 11) is 0. The Morgan fingerprint density at radius 2 is 2.07 bits per heavy atom. The minimum Gasteiger partial charge on any atom is -0.489 e. The van der Waals surface area contributed by atoms with Crippen LogP contribution in [0.1, 0.15) is 32.3 Å². The number of halogens is 4. The number of nitrogens with zero attached hydrogens (tertiary/aromatic N) is 4. The van der Waals surface area contributed by atoms with Crippen molar-refractivity contribution in [2.24, 2.45) is 0 Å². The van der Waals surface area contributed by atoms with E-state index in [1.807, 2.05) is 13.8 Å². The number of amides is 2. The van der Waals surface area contributed by atoms with E-state index in [1.165, 1.54) is 18.3 Å². The molecule has 222 valence electrons. The molecule has 3 aliphatic rings. The van der Waals surface area contributed by atoms with Gasteiger partial charge in [0.2, 0.25) is 0 Å². The van der Waals surface area contributed by atoms with Gasteiger partial charge in [-0.15, -0.1) is 0 Å². The van der Waals surface area contributed by atoms with E-state index in [2.05, 4.69) is 20.2 Å². The summed E-state index contributed by atoms with van der Waals surface area (Å²) in [5.74, 6) is 0.508. The Morgan fingerprint density at radius 1 is 1.24 bits per heavy atom. The number of hydrogen-bond acceptors (Lipinski definition) is 7. The van der Waals surface area contributed by atoms with Gasteiger partial charge in [0.25, 0.3) is 0 Å². The minimum atomic E-state index is -4.52. The maximum absolute atomic E-state index is 13.7. The number of aromatic nitrogens is 2. The number of ether oxygens (including phenoxy) is 3. The lowest BCUT2D eigenvalue weighted by molar-refractivity contribution is -0.141. The summed E-state index contributed by atoms with van der Waals surface area (Å²) in [6.45, 7) is 5.76. The van der Waals surface area contributed by atoms with Crippen molar-refractivity contribution in [2.45, 2.75) is 50.8 Å². The van der Waals surface area contributed by atoms with Crippen LogP contribution in [-0.4, -0.2) is 60.2 Å². The fourth-order valence-electron chi connectivity index (χ4n) is 5.49. The number of hydrogen-bond donors (Lipinski definition) is 1. The third-order valence-electron chi connectivity index (χ3n) is 7.42. The van der Waals surface area contributed by atoms with Crippen LogP contribution in [0.15, 0.2) is 48.7 Å². The van der Waals surface area contributed by atoms with Crippen molar-refractivity contribution in [1.82, 2.24) is 9.97 Å². The summed E-state index contributed by atoms with van der Waals surface area (Å²) in [5, 5.41) is 3.03. The standard InChI is InChI=1S/C29H29ClF3N5O4/c1-28(2)41-16-21(42-28)15-40-20-8-9-24(34-13-20)35-27(39)38-19-7-4-10-37(14-19)23-12-22(30)25(36-26(23)38)17-5-3-6-18(11-17)29(31,32)33/h3,5-6,8-9,11-13,19,21H,4,7,10,14-16H2,1-2H3,(H,34,35,39)/t19-,21?/m0/s1. The van der Waals surface area contributed by atoms with E-state index in [-0.39, 0.29) is 28.4 Å². The number of benzene rings is 1. The number of anilines is 3. The maximum atomic E-state index is 13.7. The van der Waals surface area contributed by atoms with E-state index in [9.17, 15) is 18.0 Å². The molecule has 6 rings (SSSR count). The Morgan fingerprint density at radius 3 is 2.79 bits per heavy atom. The predicted octanol–water partition coefficient (Wildman–Crippen LogP) is 6.37. The fraction of sp³-hybridized carbons (Fsp3) is 0.414. The minimum absolute atomic E-state index is 0.167. The van der Waals surface area contributed by atoms with Crippen molar-refractivity contribution in [1.29, 1.82) is 0 Å². The second-order valence-corrected chi connectivity index (χ2v) is 11.3. The molecule has 1 aromatic carbocycles. The van der Waals surface area contributed by atoms with Crippen LogP contribution in [0.5, 0.6) is 5.75 Å². The summed E-state index contributed by atoms with van der Waals surface area (Å²) in [6.07, 6.45) is -1.61. The predicted molar refractivity (Wildman–Crippen MR) is 151 cm³/mol. The molecule has 2 aromatic heterocycles. The number of pyridine rings is 2. The zero-order valence-corrected chi connectivity index (χ0v) is 23.7. The quantitative estimate of drug-likeness (QED) is 0.363. The highest BCUT2D eigenvalue weighted by molar-refractivity contribution is 6.33. The zero-order chi connectivity index (χ0) is 29.6. The van der Waals surface area contributed by atoms with Crippen molar-refractivity contribution in [2.75, 3.05) is 41.4 Å². The van der Waals surface area contributed by atoms with E-state index in [0.29, 0.717) is 42.8 Å². The molecule has 2 saturated heterocycles. The summed E-state index contributed by atoms with van der Waals surface area (Å²) in [6, 6.07) is 9.19. The van der Waals surface area contributed by atoms with Gasteiger partial charge in [0.1, 0.15) is 24.3 Å². The van der Waals surface area contributed by atoms with Crippen LogP contribution in [0.2, 0.25) is 5.02 Å². The molecule has 2 amide bonds. The van der Waals surface area contributed by atoms with Gasteiger partial charge >= 0.3 is 12.2 Å². The van der Waals surface area contributed by atoms with Crippen LogP contribution in [0.3, 0.4) is 0 Å². The monoisotopic (exact) mass is 603 g/mol. The first-order valence-corrected chi connectivity index (χ1v) is 14.0. The smallest absolute Gasteiger partial charge is 0.416 e. The van der Waals surface area contributed by atoms with Crippen LogP contribution in [0.4, 0.5) is 35.3 Å². The van der Waals surface area contributed by atoms with Gasteiger partial charge in [-0.3, -0.25) is 10.2 Å². The van der Waals surface area contributed by atoms with E-state index >= 15 is 0 Å². The first-order valence-electron chi connectivity index (χ1n) is 13.6. The topological polar surface area (TPSA) is 89.1 Å². The molecule has 0 spiro atoms. The normalized spacial score (nSPS) is 21.2. The molecule has 1 N–H and O–H groups in total. The molecule has 13 heteroatoms. The molecule has 42 heavy (non-hydrogen) atoms. The Kier molecular flexibility index (Phi) is 7.40. The number of carbonyl (C=O) groups is 1. The van der Waals surface area contributed by atoms with E-state index in [1.54, 1.807) is 23.1 Å². The van der Waals surface area contributed by atoms with Crippen LogP contribution < -0.4 is 19.9 Å². The lowest BCUT2D eigenvalue weighted by atomic mass is 9.99. The molecular weight excluding hydrogens is 575 g/mol. The number of rotatable bonds is 5. The highest BCUT2D eigenvalue weighted by atomic mass is 35.5. The van der Waals surface area contributed by atoms with Gasteiger partial charge in [-0.25, -0.2) is 14.8 Å². The van der Waals surface area contributed by atoms with Gasteiger partial charge in [0.15, 0.2) is 11.6 Å². The van der Waals surface area contributed by atoms with Gasteiger partial charge in [-0.1, -0.05) is 23.7 Å². The molecule has 0 aliphatic carbocycles. The SMILES string of the molecule is CC1(C)OCC(COc2ccc(NC(=O)N3c4nc(-c5cccc(C(F)(F)F)c5)c(Cl)cc4N4CCC[C@H]3C4)nc2)O1. The van der Waals surface area contributed by atoms with Crippen LogP contribution in [0, 0.1) is 0 Å². The molecule has 1 unspecified atom stereocenters. The van der Waals surface area contributed by atoms with Crippen molar-refractivity contribution in [3.63, 3.8) is 0 Å². The lowest BCUT2D eigenvalue weighted by Crippen LogP contribution is -2.56. The Labute approximate surface area is 245 Å². The fourth-order valence-corrected chi connectivity index (χ4v) is 5.74. The number of piperidine rings is 1. The largest absolute Gasteiger partial charge is 0.489 e. The third kappa shape index (κ3) is 5.83. The number of alkyl halides is 3. The van der Waals surface area contributed by atoms with E-state index < -0.39 is 23.6 Å². The van der Waals surface area contributed by atoms with Crippen LogP contribution >= 0.6 is 11.6 Å². The molecule has 0 saturated carbocycles. The van der Waals surface area contributed by atoms with Gasteiger partial charge in [0.05, 0.1) is 40.8 Å². The second kappa shape index (κ2) is 10.9. The molecule has 3 aliphatic heterocycles. The first kappa shape index (κ1) is 28.5. The summed E-state index contributed by atoms with van der Waals surface area (Å²) >= 11 is 6.57. The van der Waals surface area contributed by atoms with Gasteiger partial charge < -0.3 is 19.1 Å². The lowest BCUT2D eigenvalue weighted by Gasteiger charge is -2.46.